The Hall–Kier alpha value is -4.48. The van der Waals surface area contributed by atoms with Crippen molar-refractivity contribution in [2.75, 3.05) is 0 Å². The Balaban J connectivity index is 1.64. The first-order chi connectivity index (χ1) is 15.1. The number of non-ortho nitro benzene ring substituents is 2. The number of hydrogen-bond donors (Lipinski definition) is 1. The van der Waals surface area contributed by atoms with E-state index in [1.807, 2.05) is 0 Å². The molecule has 9 nitrogen and oxygen atoms in total. The molecule has 1 heterocycles. The van der Waals surface area contributed by atoms with Gasteiger partial charge in [-0.15, -0.1) is 0 Å². The van der Waals surface area contributed by atoms with Crippen molar-refractivity contribution < 1.29 is 27.8 Å². The third-order valence-corrected chi connectivity index (χ3v) is 4.50. The van der Waals surface area contributed by atoms with E-state index in [0.29, 0.717) is 23.1 Å². The lowest BCUT2D eigenvalue weighted by atomic mass is 10.1. The zero-order valence-electron chi connectivity index (χ0n) is 15.8. The van der Waals surface area contributed by atoms with Gasteiger partial charge >= 0.3 is 6.18 Å². The highest BCUT2D eigenvalue weighted by Crippen LogP contribution is 2.38. The molecule has 0 saturated heterocycles. The maximum atomic E-state index is 13.4. The number of nitro benzene ring substituents is 2. The third kappa shape index (κ3) is 4.05. The van der Waals surface area contributed by atoms with Crippen LogP contribution in [-0.2, 0) is 6.18 Å². The Kier molecular flexibility index (Phi) is 4.97. The summed E-state index contributed by atoms with van der Waals surface area (Å²) in [5.74, 6) is 0.826. The second-order valence-electron chi connectivity index (χ2n) is 6.61. The van der Waals surface area contributed by atoms with Crippen molar-refractivity contribution in [3.8, 4) is 22.9 Å². The van der Waals surface area contributed by atoms with Crippen LogP contribution in [0.2, 0.25) is 0 Å². The summed E-state index contributed by atoms with van der Waals surface area (Å²) >= 11 is 0. The van der Waals surface area contributed by atoms with Gasteiger partial charge in [0, 0.05) is 29.8 Å². The first-order valence-corrected chi connectivity index (χ1v) is 8.90. The van der Waals surface area contributed by atoms with Crippen LogP contribution in [0.4, 0.5) is 24.5 Å². The third-order valence-electron chi connectivity index (χ3n) is 4.50. The van der Waals surface area contributed by atoms with E-state index >= 15 is 0 Å². The molecule has 4 rings (SSSR count). The van der Waals surface area contributed by atoms with Crippen molar-refractivity contribution in [2.45, 2.75) is 6.18 Å². The molecule has 1 N–H and O–H groups in total. The number of rotatable bonds is 5. The van der Waals surface area contributed by atoms with Gasteiger partial charge in [-0.25, -0.2) is 4.98 Å². The average molecular weight is 444 g/mol. The Labute approximate surface area is 176 Å². The molecule has 3 aromatic carbocycles. The van der Waals surface area contributed by atoms with Crippen LogP contribution in [0.3, 0.4) is 0 Å². The second-order valence-corrected chi connectivity index (χ2v) is 6.61. The average Bonchev–Trinajstić information content (AvgIpc) is 3.17. The maximum absolute atomic E-state index is 13.4. The molecule has 0 aliphatic heterocycles. The van der Waals surface area contributed by atoms with Crippen LogP contribution in [0.25, 0.3) is 22.4 Å². The van der Waals surface area contributed by atoms with E-state index in [-0.39, 0.29) is 17.0 Å². The maximum Gasteiger partial charge on any atom is 0.418 e. The highest BCUT2D eigenvalue weighted by molar-refractivity contribution is 5.85. The highest BCUT2D eigenvalue weighted by Gasteiger charge is 2.36. The van der Waals surface area contributed by atoms with Gasteiger partial charge in [0.05, 0.1) is 20.9 Å². The molecule has 162 valence electrons. The zero-order chi connectivity index (χ0) is 23.0. The van der Waals surface area contributed by atoms with Gasteiger partial charge in [-0.05, 0) is 36.4 Å². The number of benzene rings is 3. The van der Waals surface area contributed by atoms with Crippen molar-refractivity contribution in [1.29, 1.82) is 0 Å². The van der Waals surface area contributed by atoms with Crippen molar-refractivity contribution in [1.82, 2.24) is 9.97 Å². The summed E-state index contributed by atoms with van der Waals surface area (Å²) in [5.41, 5.74) is -2.12. The lowest BCUT2D eigenvalue weighted by molar-refractivity contribution is -0.385. The number of aromatic nitrogens is 2. The standard InChI is InChI=1S/C20H11F3N4O5/c21-20(22,23)16-9-13(27(30)31)10-17-18(16)25-19(24-17)11-1-5-14(6-2-11)32-15-7-3-12(4-8-15)26(28)29/h1-10H,(H,24,25). The second kappa shape index (κ2) is 7.65. The summed E-state index contributed by atoms with van der Waals surface area (Å²) < 4.78 is 45.7. The smallest absolute Gasteiger partial charge is 0.418 e. The predicted octanol–water partition coefficient (Wildman–Crippen LogP) is 5.86. The predicted molar refractivity (Wildman–Crippen MR) is 106 cm³/mol. The Morgan fingerprint density at radius 3 is 1.94 bits per heavy atom. The number of ether oxygens (including phenoxy) is 1. The number of nitrogens with one attached hydrogen (secondary N) is 1. The van der Waals surface area contributed by atoms with Gasteiger partial charge in [0.15, 0.2) is 0 Å². The summed E-state index contributed by atoms with van der Waals surface area (Å²) in [5, 5.41) is 21.7. The number of nitrogens with zero attached hydrogens (tertiary/aromatic N) is 3. The van der Waals surface area contributed by atoms with Crippen LogP contribution in [0.15, 0.2) is 60.7 Å². The lowest BCUT2D eigenvalue weighted by Crippen LogP contribution is -2.06. The van der Waals surface area contributed by atoms with Gasteiger partial charge in [-0.3, -0.25) is 20.2 Å². The van der Waals surface area contributed by atoms with Crippen molar-refractivity contribution >= 4 is 22.4 Å². The van der Waals surface area contributed by atoms with Crippen LogP contribution in [-0.4, -0.2) is 19.8 Å². The zero-order valence-corrected chi connectivity index (χ0v) is 15.8. The van der Waals surface area contributed by atoms with Crippen LogP contribution < -0.4 is 4.74 Å². The van der Waals surface area contributed by atoms with E-state index in [1.54, 1.807) is 12.1 Å². The fraction of sp³-hybridized carbons (Fsp3) is 0.0500. The van der Waals surface area contributed by atoms with Gasteiger partial charge in [0.2, 0.25) is 0 Å². The van der Waals surface area contributed by atoms with E-state index < -0.39 is 32.8 Å². The molecule has 12 heteroatoms. The van der Waals surface area contributed by atoms with Gasteiger partial charge in [0.1, 0.15) is 22.8 Å². The first kappa shape index (κ1) is 20.8. The molecule has 0 radical (unpaired) electrons. The molecule has 4 aromatic rings. The molecule has 0 atom stereocenters. The van der Waals surface area contributed by atoms with Crippen LogP contribution in [0.1, 0.15) is 5.56 Å². The van der Waals surface area contributed by atoms with E-state index in [9.17, 15) is 33.4 Å². The normalized spacial score (nSPS) is 11.5. The molecule has 32 heavy (non-hydrogen) atoms. The van der Waals surface area contributed by atoms with E-state index in [2.05, 4.69) is 9.97 Å². The SMILES string of the molecule is O=[N+]([O-])c1ccc(Oc2ccc(-c3nc4c(C(F)(F)F)cc([N+](=O)[O-])cc4[nH]3)cc2)cc1. The largest absolute Gasteiger partial charge is 0.457 e. The number of fused-ring (bicyclic) bond motifs is 1. The van der Waals surface area contributed by atoms with Gasteiger partial charge in [-0.1, -0.05) is 0 Å². The number of hydrogen-bond acceptors (Lipinski definition) is 6. The van der Waals surface area contributed by atoms with Crippen LogP contribution in [0, 0.1) is 20.2 Å². The molecular formula is C20H11F3N4O5. The van der Waals surface area contributed by atoms with E-state index in [0.717, 1.165) is 6.07 Å². The summed E-state index contributed by atoms with van der Waals surface area (Å²) in [6, 6.07) is 13.0. The molecule has 0 aliphatic carbocycles. The molecule has 1 aromatic heterocycles. The summed E-state index contributed by atoms with van der Waals surface area (Å²) in [4.78, 5) is 26.9. The Morgan fingerprint density at radius 1 is 0.844 bits per heavy atom. The van der Waals surface area contributed by atoms with Crippen LogP contribution in [0.5, 0.6) is 11.5 Å². The minimum atomic E-state index is -4.82. The van der Waals surface area contributed by atoms with Gasteiger partial charge in [-0.2, -0.15) is 13.2 Å². The van der Waals surface area contributed by atoms with Crippen molar-refractivity contribution in [3.63, 3.8) is 0 Å². The van der Waals surface area contributed by atoms with Crippen molar-refractivity contribution in [3.05, 3.63) is 86.5 Å². The minimum Gasteiger partial charge on any atom is -0.457 e. The minimum absolute atomic E-state index is 0.0870. The van der Waals surface area contributed by atoms with E-state index in [4.69, 9.17) is 4.74 Å². The number of halogens is 3. The highest BCUT2D eigenvalue weighted by atomic mass is 19.4. The molecule has 0 amide bonds. The fourth-order valence-corrected chi connectivity index (χ4v) is 3.01. The fourth-order valence-electron chi connectivity index (χ4n) is 3.01. The Bertz CT molecular complexity index is 1330. The molecule has 0 unspecified atom stereocenters. The van der Waals surface area contributed by atoms with Crippen molar-refractivity contribution in [2.24, 2.45) is 0 Å². The molecule has 0 bridgehead atoms. The summed E-state index contributed by atoms with van der Waals surface area (Å²) in [7, 11) is 0. The number of nitro groups is 2. The Morgan fingerprint density at radius 2 is 1.41 bits per heavy atom. The van der Waals surface area contributed by atoms with Gasteiger partial charge in [0.25, 0.3) is 11.4 Å². The molecule has 0 saturated carbocycles. The topological polar surface area (TPSA) is 124 Å². The lowest BCUT2D eigenvalue weighted by Gasteiger charge is -2.06. The summed E-state index contributed by atoms with van der Waals surface area (Å²) in [6.45, 7) is 0. The van der Waals surface area contributed by atoms with E-state index in [1.165, 1.54) is 36.4 Å². The number of alkyl halides is 3. The molecule has 0 spiro atoms. The quantitative estimate of drug-likeness (QED) is 0.304. The number of aromatic amines is 1. The molecular weight excluding hydrogens is 433 g/mol. The van der Waals surface area contributed by atoms with Crippen LogP contribution >= 0.6 is 0 Å². The first-order valence-electron chi connectivity index (χ1n) is 8.90. The molecule has 0 fully saturated rings. The van der Waals surface area contributed by atoms with Gasteiger partial charge < -0.3 is 9.72 Å². The molecule has 0 aliphatic rings. The number of H-pyrrole nitrogens is 1. The monoisotopic (exact) mass is 444 g/mol. The summed E-state index contributed by atoms with van der Waals surface area (Å²) in [6.07, 6.45) is -4.82. The number of imidazole rings is 1.